The van der Waals surface area contributed by atoms with E-state index >= 15 is 0 Å². The molecule has 12 heavy (non-hydrogen) atoms. The number of aliphatic hydroxyl groups excluding tert-OH is 1. The number of aliphatic hydroxyl groups is 1. The van der Waals surface area contributed by atoms with Gasteiger partial charge in [0.05, 0.1) is 6.54 Å². The molecule has 1 fully saturated rings. The topological polar surface area (TPSA) is 61.4 Å². The molecule has 1 amide bonds. The summed E-state index contributed by atoms with van der Waals surface area (Å²) in [7, 11) is 0. The van der Waals surface area contributed by atoms with Crippen molar-refractivity contribution in [1.29, 1.82) is 0 Å². The summed E-state index contributed by atoms with van der Waals surface area (Å²) in [4.78, 5) is 10.8. The van der Waals surface area contributed by atoms with E-state index in [-0.39, 0.29) is 12.6 Å². The summed E-state index contributed by atoms with van der Waals surface area (Å²) in [5.74, 6) is 0.628. The van der Waals surface area contributed by atoms with E-state index < -0.39 is 0 Å². The van der Waals surface area contributed by atoms with Gasteiger partial charge in [0, 0.05) is 0 Å². The standard InChI is InChI=1S/C8H16N2O2/c11-6-10-8(12)5-9-4-7-2-1-3-7/h7,9,11H,1-6H2,(H,10,12). The van der Waals surface area contributed by atoms with Crippen LogP contribution in [0.2, 0.25) is 0 Å². The van der Waals surface area contributed by atoms with Crippen LogP contribution in [-0.2, 0) is 4.79 Å². The normalized spacial score (nSPS) is 17.1. The first-order valence-corrected chi connectivity index (χ1v) is 4.41. The SMILES string of the molecule is O=C(CNCC1CCC1)NCO. The fourth-order valence-electron chi connectivity index (χ4n) is 1.24. The first kappa shape index (κ1) is 9.48. The van der Waals surface area contributed by atoms with Crippen LogP contribution in [0.25, 0.3) is 0 Å². The van der Waals surface area contributed by atoms with Gasteiger partial charge in [0.25, 0.3) is 0 Å². The molecular weight excluding hydrogens is 156 g/mol. The second kappa shape index (κ2) is 5.11. The number of carbonyl (C=O) groups is 1. The lowest BCUT2D eigenvalue weighted by atomic mass is 9.85. The third kappa shape index (κ3) is 3.19. The summed E-state index contributed by atoms with van der Waals surface area (Å²) in [5.41, 5.74) is 0. The molecule has 0 atom stereocenters. The quantitative estimate of drug-likeness (QED) is 0.487. The summed E-state index contributed by atoms with van der Waals surface area (Å²) >= 11 is 0. The van der Waals surface area contributed by atoms with E-state index in [2.05, 4.69) is 10.6 Å². The van der Waals surface area contributed by atoms with E-state index in [9.17, 15) is 4.79 Å². The van der Waals surface area contributed by atoms with Crippen LogP contribution in [0.15, 0.2) is 0 Å². The van der Waals surface area contributed by atoms with Gasteiger partial charge in [-0.3, -0.25) is 4.79 Å². The van der Waals surface area contributed by atoms with Gasteiger partial charge in [-0.15, -0.1) is 0 Å². The molecule has 0 unspecified atom stereocenters. The summed E-state index contributed by atoms with van der Waals surface area (Å²) in [6.07, 6.45) is 3.90. The molecule has 0 heterocycles. The molecule has 1 aliphatic carbocycles. The fourth-order valence-corrected chi connectivity index (χ4v) is 1.24. The Bertz CT molecular complexity index is 146. The third-order valence-electron chi connectivity index (χ3n) is 2.22. The van der Waals surface area contributed by atoms with Crippen LogP contribution in [0, 0.1) is 5.92 Å². The molecule has 1 rings (SSSR count). The van der Waals surface area contributed by atoms with Crippen molar-refractivity contribution in [2.75, 3.05) is 19.8 Å². The molecule has 4 nitrogen and oxygen atoms in total. The van der Waals surface area contributed by atoms with E-state index in [4.69, 9.17) is 5.11 Å². The third-order valence-corrected chi connectivity index (χ3v) is 2.22. The predicted molar refractivity (Wildman–Crippen MR) is 45.4 cm³/mol. The van der Waals surface area contributed by atoms with Crippen LogP contribution in [0.3, 0.4) is 0 Å². The first-order valence-electron chi connectivity index (χ1n) is 4.41. The molecule has 4 heteroatoms. The number of amides is 1. The van der Waals surface area contributed by atoms with Crippen LogP contribution < -0.4 is 10.6 Å². The number of hydrogen-bond donors (Lipinski definition) is 3. The minimum atomic E-state index is -0.274. The van der Waals surface area contributed by atoms with Gasteiger partial charge in [-0.1, -0.05) is 6.42 Å². The van der Waals surface area contributed by atoms with Crippen molar-refractivity contribution in [2.45, 2.75) is 19.3 Å². The fraction of sp³-hybridized carbons (Fsp3) is 0.875. The van der Waals surface area contributed by atoms with Crippen LogP contribution in [0.1, 0.15) is 19.3 Å². The molecular formula is C8H16N2O2. The van der Waals surface area contributed by atoms with Gasteiger partial charge in [0.2, 0.25) is 5.91 Å². The molecule has 0 aromatic carbocycles. The Morgan fingerprint density at radius 2 is 2.25 bits per heavy atom. The second-order valence-electron chi connectivity index (χ2n) is 3.19. The Hall–Kier alpha value is -0.610. The molecule has 0 spiro atoms. The summed E-state index contributed by atoms with van der Waals surface area (Å²) < 4.78 is 0. The maximum Gasteiger partial charge on any atom is 0.235 e. The van der Waals surface area contributed by atoms with E-state index in [0.717, 1.165) is 12.5 Å². The molecule has 0 aromatic rings. The molecule has 0 saturated heterocycles. The van der Waals surface area contributed by atoms with Crippen LogP contribution >= 0.6 is 0 Å². The first-order chi connectivity index (χ1) is 5.83. The van der Waals surface area contributed by atoms with E-state index in [0.29, 0.717) is 6.54 Å². The van der Waals surface area contributed by atoms with Crippen molar-refractivity contribution < 1.29 is 9.90 Å². The predicted octanol–water partition coefficient (Wildman–Crippen LogP) is -0.558. The molecule has 3 N–H and O–H groups in total. The molecule has 1 saturated carbocycles. The largest absolute Gasteiger partial charge is 0.377 e. The van der Waals surface area contributed by atoms with E-state index in [1.54, 1.807) is 0 Å². The molecule has 70 valence electrons. The highest BCUT2D eigenvalue weighted by Gasteiger charge is 2.16. The Morgan fingerprint density at radius 1 is 1.50 bits per heavy atom. The lowest BCUT2D eigenvalue weighted by Gasteiger charge is -2.25. The van der Waals surface area contributed by atoms with E-state index in [1.807, 2.05) is 0 Å². The highest BCUT2D eigenvalue weighted by Crippen LogP contribution is 2.24. The second-order valence-corrected chi connectivity index (χ2v) is 3.19. The van der Waals surface area contributed by atoms with Crippen molar-refractivity contribution in [3.63, 3.8) is 0 Å². The number of hydrogen-bond acceptors (Lipinski definition) is 3. The highest BCUT2D eigenvalue weighted by molar-refractivity contribution is 5.77. The Labute approximate surface area is 72.3 Å². The van der Waals surface area contributed by atoms with Gasteiger partial charge in [0.15, 0.2) is 0 Å². The van der Waals surface area contributed by atoms with Gasteiger partial charge >= 0.3 is 0 Å². The molecule has 0 aliphatic heterocycles. The molecule has 0 radical (unpaired) electrons. The van der Waals surface area contributed by atoms with Gasteiger partial charge in [-0.25, -0.2) is 0 Å². The number of rotatable bonds is 5. The van der Waals surface area contributed by atoms with E-state index in [1.165, 1.54) is 19.3 Å². The lowest BCUT2D eigenvalue weighted by Crippen LogP contribution is -2.37. The van der Waals surface area contributed by atoms with Crippen molar-refractivity contribution in [3.05, 3.63) is 0 Å². The van der Waals surface area contributed by atoms with Crippen molar-refractivity contribution in [3.8, 4) is 0 Å². The van der Waals surface area contributed by atoms with Gasteiger partial charge in [0.1, 0.15) is 6.73 Å². The average Bonchev–Trinajstić information content (AvgIpc) is 1.95. The van der Waals surface area contributed by atoms with Crippen LogP contribution in [0.5, 0.6) is 0 Å². The van der Waals surface area contributed by atoms with Crippen molar-refractivity contribution in [1.82, 2.24) is 10.6 Å². The van der Waals surface area contributed by atoms with Gasteiger partial charge < -0.3 is 15.7 Å². The zero-order valence-corrected chi connectivity index (χ0v) is 7.18. The monoisotopic (exact) mass is 172 g/mol. The average molecular weight is 172 g/mol. The van der Waals surface area contributed by atoms with Gasteiger partial charge in [-0.2, -0.15) is 0 Å². The number of nitrogens with one attached hydrogen (secondary N) is 2. The zero-order valence-electron chi connectivity index (χ0n) is 7.18. The molecule has 0 bridgehead atoms. The number of carbonyl (C=O) groups excluding carboxylic acids is 1. The van der Waals surface area contributed by atoms with Crippen LogP contribution in [-0.4, -0.2) is 30.8 Å². The van der Waals surface area contributed by atoms with Crippen molar-refractivity contribution >= 4 is 5.91 Å². The smallest absolute Gasteiger partial charge is 0.235 e. The zero-order chi connectivity index (χ0) is 8.81. The maximum absolute atomic E-state index is 10.8. The lowest BCUT2D eigenvalue weighted by molar-refractivity contribution is -0.121. The molecule has 1 aliphatic rings. The molecule has 0 aromatic heterocycles. The Balaban J connectivity index is 1.90. The Kier molecular flexibility index (Phi) is 4.04. The van der Waals surface area contributed by atoms with Gasteiger partial charge in [-0.05, 0) is 25.3 Å². The minimum absolute atomic E-state index is 0.142. The minimum Gasteiger partial charge on any atom is -0.377 e. The van der Waals surface area contributed by atoms with Crippen molar-refractivity contribution in [2.24, 2.45) is 5.92 Å². The highest BCUT2D eigenvalue weighted by atomic mass is 16.3. The maximum atomic E-state index is 10.8. The summed E-state index contributed by atoms with van der Waals surface area (Å²) in [5, 5.41) is 13.7. The summed E-state index contributed by atoms with van der Waals surface area (Å²) in [6, 6.07) is 0. The summed E-state index contributed by atoms with van der Waals surface area (Å²) in [6.45, 7) is 0.972. The Morgan fingerprint density at radius 3 is 2.75 bits per heavy atom. The van der Waals surface area contributed by atoms with Crippen LogP contribution in [0.4, 0.5) is 0 Å².